The van der Waals surface area contributed by atoms with Crippen LogP contribution in [0.4, 0.5) is 0 Å². The molecule has 0 spiro atoms. The third-order valence-corrected chi connectivity index (χ3v) is 4.93. The number of benzene rings is 1. The van der Waals surface area contributed by atoms with Crippen molar-refractivity contribution in [2.24, 2.45) is 11.7 Å². The Balaban J connectivity index is 0.00000420. The lowest BCUT2D eigenvalue weighted by Gasteiger charge is -2.35. The molecule has 7 nitrogen and oxygen atoms in total. The van der Waals surface area contributed by atoms with Gasteiger partial charge in [0, 0.05) is 26.2 Å². The Bertz CT molecular complexity index is 665. The van der Waals surface area contributed by atoms with Crippen LogP contribution in [0, 0.1) is 5.92 Å². The Morgan fingerprint density at radius 1 is 1.10 bits per heavy atom. The number of nitrogens with zero attached hydrogens (tertiary/aromatic N) is 1. The van der Waals surface area contributed by atoms with Crippen molar-refractivity contribution in [1.29, 1.82) is 0 Å². The Hall–Kier alpha value is -1.38. The normalized spacial score (nSPS) is 19.9. The van der Waals surface area contributed by atoms with Gasteiger partial charge in [-0.2, -0.15) is 0 Å². The van der Waals surface area contributed by atoms with Crippen molar-refractivity contribution in [3.05, 3.63) is 35.4 Å². The second-order valence-electron chi connectivity index (χ2n) is 7.98. The zero-order chi connectivity index (χ0) is 20.7. The highest BCUT2D eigenvalue weighted by atomic mass is 35.5. The van der Waals surface area contributed by atoms with Crippen molar-refractivity contribution >= 4 is 36.6 Å². The molecule has 0 bridgehead atoms. The summed E-state index contributed by atoms with van der Waals surface area (Å²) in [5.41, 5.74) is 8.05. The fourth-order valence-corrected chi connectivity index (χ4v) is 3.38. The molecule has 9 heteroatoms. The van der Waals surface area contributed by atoms with Gasteiger partial charge in [0.05, 0.1) is 24.8 Å². The van der Waals surface area contributed by atoms with Gasteiger partial charge >= 0.3 is 0 Å². The van der Waals surface area contributed by atoms with Crippen LogP contribution in [-0.2, 0) is 27.4 Å². The maximum absolute atomic E-state index is 12.1. The van der Waals surface area contributed by atoms with Crippen LogP contribution in [0.1, 0.15) is 38.8 Å². The van der Waals surface area contributed by atoms with Crippen LogP contribution in [0.15, 0.2) is 24.3 Å². The van der Waals surface area contributed by atoms with Gasteiger partial charge in [-0.15, -0.1) is 24.8 Å². The fourth-order valence-electron chi connectivity index (χ4n) is 3.38. The third-order valence-electron chi connectivity index (χ3n) is 4.93. The van der Waals surface area contributed by atoms with Crippen molar-refractivity contribution in [3.8, 4) is 0 Å². The smallest absolute Gasteiger partial charge is 0.239 e. The minimum Gasteiger partial charge on any atom is -0.373 e. The average molecular weight is 463 g/mol. The van der Waals surface area contributed by atoms with Crippen molar-refractivity contribution in [2.45, 2.75) is 59.0 Å². The van der Waals surface area contributed by atoms with Gasteiger partial charge in [0.15, 0.2) is 0 Å². The average Bonchev–Trinajstić information content (AvgIpc) is 2.63. The molecule has 3 atom stereocenters. The molecule has 0 aromatic heterocycles. The number of ether oxygens (including phenoxy) is 1. The molecular weight excluding hydrogens is 427 g/mol. The number of carbonyl (C=O) groups excluding carboxylic acids is 2. The van der Waals surface area contributed by atoms with E-state index < -0.39 is 6.04 Å². The first kappa shape index (κ1) is 28.6. The fraction of sp³-hybridized carbons (Fsp3) is 0.619. The first-order valence-corrected chi connectivity index (χ1v) is 10.0. The second-order valence-corrected chi connectivity index (χ2v) is 7.98. The summed E-state index contributed by atoms with van der Waals surface area (Å²) in [5, 5.41) is 5.47. The number of halogens is 2. The highest BCUT2D eigenvalue weighted by molar-refractivity contribution is 5.87. The maximum Gasteiger partial charge on any atom is 0.239 e. The molecule has 2 unspecified atom stereocenters. The number of morpholine rings is 1. The summed E-state index contributed by atoms with van der Waals surface area (Å²) < 4.78 is 5.80. The minimum atomic E-state index is -0.605. The molecule has 1 fully saturated rings. The van der Waals surface area contributed by atoms with Crippen LogP contribution in [0.3, 0.4) is 0 Å². The summed E-state index contributed by atoms with van der Waals surface area (Å²) in [6.45, 7) is 10.9. The van der Waals surface area contributed by atoms with Gasteiger partial charge in [-0.3, -0.25) is 14.5 Å². The Morgan fingerprint density at radius 3 is 2.23 bits per heavy atom. The van der Waals surface area contributed by atoms with E-state index in [0.29, 0.717) is 6.54 Å². The molecule has 2 rings (SSSR count). The van der Waals surface area contributed by atoms with Gasteiger partial charge < -0.3 is 21.1 Å². The number of hydrogen-bond donors (Lipinski definition) is 3. The van der Waals surface area contributed by atoms with E-state index in [1.54, 1.807) is 0 Å². The molecule has 2 amide bonds. The van der Waals surface area contributed by atoms with E-state index in [0.717, 1.165) is 25.2 Å². The van der Waals surface area contributed by atoms with Gasteiger partial charge in [-0.1, -0.05) is 38.1 Å². The molecule has 4 N–H and O–H groups in total. The predicted molar refractivity (Wildman–Crippen MR) is 124 cm³/mol. The Kier molecular flexibility index (Phi) is 13.2. The summed E-state index contributed by atoms with van der Waals surface area (Å²) in [6.07, 6.45) is 0.438. The predicted octanol–water partition coefficient (Wildman–Crippen LogP) is 1.86. The molecule has 1 aliphatic heterocycles. The Morgan fingerprint density at radius 2 is 1.67 bits per heavy atom. The van der Waals surface area contributed by atoms with Crippen molar-refractivity contribution < 1.29 is 14.3 Å². The highest BCUT2D eigenvalue weighted by Gasteiger charge is 2.22. The van der Waals surface area contributed by atoms with E-state index in [9.17, 15) is 9.59 Å². The number of nitrogens with one attached hydrogen (secondary N) is 2. The van der Waals surface area contributed by atoms with E-state index in [1.165, 1.54) is 5.56 Å². The molecule has 30 heavy (non-hydrogen) atoms. The lowest BCUT2D eigenvalue weighted by molar-refractivity contribution is -0.127. The van der Waals surface area contributed by atoms with Crippen LogP contribution in [0.2, 0.25) is 0 Å². The summed E-state index contributed by atoms with van der Waals surface area (Å²) in [7, 11) is 0. The quantitative estimate of drug-likeness (QED) is 0.547. The molecular formula is C21H36Cl2N4O3. The lowest BCUT2D eigenvalue weighted by Crippen LogP contribution is -2.47. The molecule has 0 saturated carbocycles. The number of nitrogens with two attached hydrogens (primary N) is 1. The zero-order valence-electron chi connectivity index (χ0n) is 18.2. The van der Waals surface area contributed by atoms with Crippen molar-refractivity contribution in [1.82, 2.24) is 15.5 Å². The van der Waals surface area contributed by atoms with Crippen LogP contribution in [0.5, 0.6) is 0 Å². The molecule has 1 aromatic rings. The number of hydrogen-bond acceptors (Lipinski definition) is 5. The van der Waals surface area contributed by atoms with Crippen molar-refractivity contribution in [2.75, 3.05) is 19.6 Å². The third kappa shape index (κ3) is 9.18. The van der Waals surface area contributed by atoms with Gasteiger partial charge in [0.2, 0.25) is 11.8 Å². The largest absolute Gasteiger partial charge is 0.373 e. The van der Waals surface area contributed by atoms with Crippen LogP contribution >= 0.6 is 24.8 Å². The van der Waals surface area contributed by atoms with E-state index in [4.69, 9.17) is 10.5 Å². The monoisotopic (exact) mass is 462 g/mol. The van der Waals surface area contributed by atoms with Crippen molar-refractivity contribution in [3.63, 3.8) is 0 Å². The van der Waals surface area contributed by atoms with E-state index in [1.807, 2.05) is 32.0 Å². The van der Waals surface area contributed by atoms with E-state index in [2.05, 4.69) is 35.4 Å². The molecule has 1 aromatic carbocycles. The maximum atomic E-state index is 12.1. The van der Waals surface area contributed by atoms with Gasteiger partial charge in [0.25, 0.3) is 0 Å². The van der Waals surface area contributed by atoms with Crippen LogP contribution in [-0.4, -0.2) is 54.6 Å². The van der Waals surface area contributed by atoms with E-state index >= 15 is 0 Å². The molecule has 1 aliphatic rings. The summed E-state index contributed by atoms with van der Waals surface area (Å²) >= 11 is 0. The molecule has 0 radical (unpaired) electrons. The number of amides is 2. The number of carbonyl (C=O) groups is 2. The topological polar surface area (TPSA) is 96.7 Å². The zero-order valence-corrected chi connectivity index (χ0v) is 19.9. The summed E-state index contributed by atoms with van der Waals surface area (Å²) in [6, 6.07) is 7.50. The van der Waals surface area contributed by atoms with Gasteiger partial charge in [0.1, 0.15) is 0 Å². The van der Waals surface area contributed by atoms with Crippen LogP contribution < -0.4 is 16.4 Å². The first-order valence-electron chi connectivity index (χ1n) is 10.0. The highest BCUT2D eigenvalue weighted by Crippen LogP contribution is 2.17. The molecule has 1 heterocycles. The SMILES string of the molecule is CC1CN(Cc2ccccc2CNC(=O)CNC(=O)[C@@H](N)C(C)C)CC(C)O1.Cl.Cl. The van der Waals surface area contributed by atoms with E-state index in [-0.39, 0.29) is 61.3 Å². The standard InChI is InChI=1S/C21H34N4O3.2ClH/c1-14(2)20(22)21(27)24-10-19(26)23-9-17-7-5-6-8-18(17)13-25-11-15(3)28-16(4)12-25;;/h5-8,14-16,20H,9-13,22H2,1-4H3,(H,23,26)(H,24,27);2*1H/t15?,16?,20-;;/m0../s1. The molecule has 172 valence electrons. The summed E-state index contributed by atoms with van der Waals surface area (Å²) in [5.74, 6) is -0.505. The van der Waals surface area contributed by atoms with Gasteiger partial charge in [-0.05, 0) is 30.9 Å². The molecule has 0 aliphatic carbocycles. The van der Waals surface area contributed by atoms with Crippen LogP contribution in [0.25, 0.3) is 0 Å². The summed E-state index contributed by atoms with van der Waals surface area (Å²) in [4.78, 5) is 26.3. The second kappa shape index (κ2) is 13.8. The Labute approximate surface area is 192 Å². The minimum absolute atomic E-state index is 0. The number of rotatable bonds is 8. The first-order chi connectivity index (χ1) is 13.3. The lowest BCUT2D eigenvalue weighted by atomic mass is 10.1. The van der Waals surface area contributed by atoms with Gasteiger partial charge in [-0.25, -0.2) is 0 Å². The molecule has 1 saturated heterocycles.